The molecule has 0 heterocycles. The molecule has 0 radical (unpaired) electrons. The summed E-state index contributed by atoms with van der Waals surface area (Å²) in [5, 5.41) is 24.3. The van der Waals surface area contributed by atoms with Gasteiger partial charge in [0, 0.05) is 23.3 Å². The van der Waals surface area contributed by atoms with E-state index in [1.807, 2.05) is 31.2 Å². The molecule has 0 unspecified atom stereocenters. The Hall–Kier alpha value is -4.20. The van der Waals surface area contributed by atoms with Crippen molar-refractivity contribution in [3.8, 4) is 11.5 Å². The number of phenolic OH excluding ortho intramolecular Hbond substituents is 1. The van der Waals surface area contributed by atoms with Gasteiger partial charge in [-0.1, -0.05) is 29.8 Å². The number of non-ortho nitro benzene ring substituents is 1. The summed E-state index contributed by atoms with van der Waals surface area (Å²) in [6, 6.07) is 18.1. The Kier molecular flexibility index (Phi) is 6.39. The lowest BCUT2D eigenvalue weighted by Crippen LogP contribution is -2.17. The van der Waals surface area contributed by atoms with Gasteiger partial charge in [-0.15, -0.1) is 0 Å². The van der Waals surface area contributed by atoms with Crippen LogP contribution in [0.1, 0.15) is 27.0 Å². The van der Waals surface area contributed by atoms with Crippen LogP contribution in [0.15, 0.2) is 71.8 Å². The average Bonchev–Trinajstić information content (AvgIpc) is 2.74. The van der Waals surface area contributed by atoms with Crippen LogP contribution in [-0.2, 0) is 6.61 Å². The quantitative estimate of drug-likeness (QED) is 0.351. The van der Waals surface area contributed by atoms with E-state index in [1.165, 1.54) is 17.7 Å². The van der Waals surface area contributed by atoms with E-state index in [0.29, 0.717) is 17.9 Å². The molecule has 8 heteroatoms. The molecule has 0 bridgehead atoms. The average molecular weight is 405 g/mol. The number of benzene rings is 3. The third kappa shape index (κ3) is 5.41. The molecule has 1 amide bonds. The van der Waals surface area contributed by atoms with Gasteiger partial charge in [-0.25, -0.2) is 5.43 Å². The van der Waals surface area contributed by atoms with E-state index in [0.717, 1.165) is 17.8 Å². The molecule has 0 saturated carbocycles. The molecule has 152 valence electrons. The Labute approximate surface area is 172 Å². The number of hydrogen-bond acceptors (Lipinski definition) is 6. The van der Waals surface area contributed by atoms with E-state index in [4.69, 9.17) is 4.74 Å². The van der Waals surface area contributed by atoms with Crippen LogP contribution in [0.5, 0.6) is 11.5 Å². The summed E-state index contributed by atoms with van der Waals surface area (Å²) in [7, 11) is 0. The van der Waals surface area contributed by atoms with Crippen LogP contribution in [0.3, 0.4) is 0 Å². The van der Waals surface area contributed by atoms with Gasteiger partial charge in [-0.05, 0) is 42.8 Å². The zero-order valence-corrected chi connectivity index (χ0v) is 16.1. The van der Waals surface area contributed by atoms with Crippen molar-refractivity contribution in [1.29, 1.82) is 0 Å². The van der Waals surface area contributed by atoms with Crippen LogP contribution in [0.25, 0.3) is 0 Å². The van der Waals surface area contributed by atoms with Crippen molar-refractivity contribution < 1.29 is 19.6 Å². The van der Waals surface area contributed by atoms with Crippen LogP contribution in [0.2, 0.25) is 0 Å². The number of nitrogens with zero attached hydrogens (tertiary/aromatic N) is 2. The second-order valence-corrected chi connectivity index (χ2v) is 6.50. The van der Waals surface area contributed by atoms with Gasteiger partial charge in [0.1, 0.15) is 18.1 Å². The minimum atomic E-state index is -0.585. The lowest BCUT2D eigenvalue weighted by Gasteiger charge is -2.07. The van der Waals surface area contributed by atoms with Crippen LogP contribution in [-0.4, -0.2) is 22.2 Å². The number of nitro benzene ring substituents is 1. The number of ether oxygens (including phenoxy) is 1. The molecule has 0 saturated heterocycles. The molecule has 0 fully saturated rings. The summed E-state index contributed by atoms with van der Waals surface area (Å²) in [6.07, 6.45) is 1.14. The SMILES string of the molecule is Cc1ccc(COc2ccc(C(=O)N/N=C\c3cc([N+](=O)[O-])ccc3O)cc2)cc1. The number of amides is 1. The predicted molar refractivity (Wildman–Crippen MR) is 112 cm³/mol. The number of aromatic hydroxyl groups is 1. The standard InChI is InChI=1S/C22H19N3O5/c1-15-2-4-16(5-3-15)14-30-20-9-6-17(7-10-20)22(27)24-23-13-18-12-19(25(28)29)8-11-21(18)26/h2-13,26H,14H2,1H3,(H,24,27)/b23-13-. The summed E-state index contributed by atoms with van der Waals surface area (Å²) in [5.41, 5.74) is 4.82. The first-order chi connectivity index (χ1) is 14.4. The highest BCUT2D eigenvalue weighted by molar-refractivity contribution is 5.95. The molecule has 0 atom stereocenters. The number of hydrogen-bond donors (Lipinski definition) is 2. The minimum Gasteiger partial charge on any atom is -0.507 e. The fourth-order valence-electron chi connectivity index (χ4n) is 2.54. The highest BCUT2D eigenvalue weighted by Gasteiger charge is 2.09. The Morgan fingerprint density at radius 3 is 2.50 bits per heavy atom. The fraction of sp³-hybridized carbons (Fsp3) is 0.0909. The number of carbonyl (C=O) groups excluding carboxylic acids is 1. The van der Waals surface area contributed by atoms with E-state index >= 15 is 0 Å². The molecule has 0 aromatic heterocycles. The molecule has 3 aromatic rings. The predicted octanol–water partition coefficient (Wildman–Crippen LogP) is 3.95. The first-order valence-electron chi connectivity index (χ1n) is 9.01. The maximum atomic E-state index is 12.2. The second kappa shape index (κ2) is 9.33. The zero-order chi connectivity index (χ0) is 21.5. The summed E-state index contributed by atoms with van der Waals surface area (Å²) >= 11 is 0. The lowest BCUT2D eigenvalue weighted by atomic mass is 10.2. The van der Waals surface area contributed by atoms with Gasteiger partial charge in [0.25, 0.3) is 11.6 Å². The Morgan fingerprint density at radius 1 is 1.13 bits per heavy atom. The third-order valence-corrected chi connectivity index (χ3v) is 4.23. The minimum absolute atomic E-state index is 0.115. The number of aryl methyl sites for hydroxylation is 1. The Balaban J connectivity index is 1.57. The maximum Gasteiger partial charge on any atom is 0.271 e. The van der Waals surface area contributed by atoms with Gasteiger partial charge < -0.3 is 9.84 Å². The highest BCUT2D eigenvalue weighted by atomic mass is 16.6. The van der Waals surface area contributed by atoms with Gasteiger partial charge >= 0.3 is 0 Å². The van der Waals surface area contributed by atoms with Gasteiger partial charge in [0.05, 0.1) is 11.1 Å². The van der Waals surface area contributed by atoms with Crippen LogP contribution >= 0.6 is 0 Å². The summed E-state index contributed by atoms with van der Waals surface area (Å²) in [6.45, 7) is 2.44. The van der Waals surface area contributed by atoms with E-state index in [2.05, 4.69) is 10.5 Å². The molecular formula is C22H19N3O5. The largest absolute Gasteiger partial charge is 0.507 e. The van der Waals surface area contributed by atoms with Crippen molar-refractivity contribution in [1.82, 2.24) is 5.43 Å². The topological polar surface area (TPSA) is 114 Å². The highest BCUT2D eigenvalue weighted by Crippen LogP contribution is 2.21. The molecule has 30 heavy (non-hydrogen) atoms. The molecule has 2 N–H and O–H groups in total. The number of carbonyl (C=O) groups is 1. The molecular weight excluding hydrogens is 386 g/mol. The van der Waals surface area contributed by atoms with Crippen molar-refractivity contribution in [3.05, 3.63) is 99.1 Å². The summed E-state index contributed by atoms with van der Waals surface area (Å²) in [4.78, 5) is 22.4. The van der Waals surface area contributed by atoms with E-state index in [9.17, 15) is 20.0 Å². The zero-order valence-electron chi connectivity index (χ0n) is 16.1. The van der Waals surface area contributed by atoms with Crippen molar-refractivity contribution in [2.75, 3.05) is 0 Å². The summed E-state index contributed by atoms with van der Waals surface area (Å²) < 4.78 is 5.71. The fourth-order valence-corrected chi connectivity index (χ4v) is 2.54. The van der Waals surface area contributed by atoms with Crippen LogP contribution in [0.4, 0.5) is 5.69 Å². The monoisotopic (exact) mass is 405 g/mol. The van der Waals surface area contributed by atoms with Crippen molar-refractivity contribution in [2.45, 2.75) is 13.5 Å². The molecule has 0 spiro atoms. The van der Waals surface area contributed by atoms with Gasteiger partial charge in [-0.2, -0.15) is 5.10 Å². The van der Waals surface area contributed by atoms with E-state index in [-0.39, 0.29) is 17.0 Å². The molecule has 0 aliphatic heterocycles. The van der Waals surface area contributed by atoms with Crippen LogP contribution < -0.4 is 10.2 Å². The smallest absolute Gasteiger partial charge is 0.271 e. The Bertz CT molecular complexity index is 1080. The lowest BCUT2D eigenvalue weighted by molar-refractivity contribution is -0.384. The molecule has 8 nitrogen and oxygen atoms in total. The molecule has 3 rings (SSSR count). The second-order valence-electron chi connectivity index (χ2n) is 6.50. The number of rotatable bonds is 7. The summed E-state index contributed by atoms with van der Waals surface area (Å²) in [5.74, 6) is -0.0351. The molecule has 0 aliphatic rings. The van der Waals surface area contributed by atoms with Crippen molar-refractivity contribution in [3.63, 3.8) is 0 Å². The number of phenols is 1. The maximum absolute atomic E-state index is 12.2. The normalized spacial score (nSPS) is 10.7. The van der Waals surface area contributed by atoms with Crippen LogP contribution in [0, 0.1) is 17.0 Å². The van der Waals surface area contributed by atoms with E-state index < -0.39 is 10.8 Å². The van der Waals surface area contributed by atoms with Crippen molar-refractivity contribution >= 4 is 17.8 Å². The number of hydrazone groups is 1. The molecule has 3 aromatic carbocycles. The van der Waals surface area contributed by atoms with Gasteiger partial charge in [0.15, 0.2) is 0 Å². The Morgan fingerprint density at radius 2 is 1.83 bits per heavy atom. The van der Waals surface area contributed by atoms with E-state index in [1.54, 1.807) is 24.3 Å². The first-order valence-corrected chi connectivity index (χ1v) is 9.01. The van der Waals surface area contributed by atoms with Gasteiger partial charge in [0.2, 0.25) is 0 Å². The molecule has 0 aliphatic carbocycles. The first kappa shape index (κ1) is 20.5. The third-order valence-electron chi connectivity index (χ3n) is 4.23. The van der Waals surface area contributed by atoms with Crippen molar-refractivity contribution in [2.24, 2.45) is 5.10 Å². The number of nitrogens with one attached hydrogen (secondary N) is 1. The number of nitro groups is 1. The van der Waals surface area contributed by atoms with Gasteiger partial charge in [-0.3, -0.25) is 14.9 Å².